The van der Waals surface area contributed by atoms with Crippen molar-refractivity contribution < 1.29 is 9.53 Å². The Balaban J connectivity index is 1.60. The highest BCUT2D eigenvalue weighted by atomic mass is 16.5. The van der Waals surface area contributed by atoms with Gasteiger partial charge in [0.1, 0.15) is 11.4 Å². The number of nitrogens with one attached hydrogen (secondary N) is 1. The van der Waals surface area contributed by atoms with Crippen LogP contribution >= 0.6 is 0 Å². The van der Waals surface area contributed by atoms with Crippen molar-refractivity contribution in [3.8, 4) is 11.6 Å². The van der Waals surface area contributed by atoms with Gasteiger partial charge in [-0.1, -0.05) is 13.0 Å². The molecule has 1 atom stereocenters. The Kier molecular flexibility index (Phi) is 6.83. The van der Waals surface area contributed by atoms with Gasteiger partial charge in [0, 0.05) is 48.8 Å². The van der Waals surface area contributed by atoms with Crippen LogP contribution in [0.5, 0.6) is 11.6 Å². The Hall–Kier alpha value is -3.85. The average Bonchev–Trinajstić information content (AvgIpc) is 2.80. The monoisotopic (exact) mass is 461 g/mol. The lowest BCUT2D eigenvalue weighted by Gasteiger charge is -2.39. The van der Waals surface area contributed by atoms with Gasteiger partial charge in [-0.05, 0) is 56.8 Å². The van der Waals surface area contributed by atoms with Crippen LogP contribution in [0.15, 0.2) is 48.5 Å². The number of hydrogen-bond acceptors (Lipinski definition) is 8. The van der Waals surface area contributed by atoms with Gasteiger partial charge in [-0.2, -0.15) is 4.98 Å². The third kappa shape index (κ3) is 5.20. The summed E-state index contributed by atoms with van der Waals surface area (Å²) in [6, 6.07) is 15.5. The normalized spacial score (nSPS) is 16.3. The van der Waals surface area contributed by atoms with Crippen LogP contribution in [0.3, 0.4) is 0 Å². The molecule has 3 aromatic rings. The molecule has 9 heteroatoms. The van der Waals surface area contributed by atoms with Crippen LogP contribution in [-0.4, -0.2) is 53.5 Å². The topological polar surface area (TPSA) is 123 Å². The number of anilines is 4. The van der Waals surface area contributed by atoms with E-state index < -0.39 is 5.91 Å². The predicted octanol–water partition coefficient (Wildman–Crippen LogP) is 3.40. The quantitative estimate of drug-likeness (QED) is 0.458. The Labute approximate surface area is 199 Å². The van der Waals surface area contributed by atoms with E-state index in [1.807, 2.05) is 19.1 Å². The number of benzene rings is 2. The first-order valence-corrected chi connectivity index (χ1v) is 11.4. The van der Waals surface area contributed by atoms with Crippen molar-refractivity contribution in [2.75, 3.05) is 42.6 Å². The molecule has 2 aromatic carbocycles. The van der Waals surface area contributed by atoms with Crippen molar-refractivity contribution in [3.63, 3.8) is 0 Å². The van der Waals surface area contributed by atoms with Crippen LogP contribution in [0.4, 0.5) is 22.9 Å². The van der Waals surface area contributed by atoms with Crippen molar-refractivity contribution in [2.24, 2.45) is 5.73 Å². The second-order valence-electron chi connectivity index (χ2n) is 8.54. The second-order valence-corrected chi connectivity index (χ2v) is 8.54. The number of aryl methyl sites for hydroxylation is 1. The number of nitrogen functional groups attached to an aromatic ring is 1. The minimum atomic E-state index is -0.664. The maximum Gasteiger partial charge on any atom is 0.271 e. The smallest absolute Gasteiger partial charge is 0.271 e. The molecule has 1 fully saturated rings. The van der Waals surface area contributed by atoms with E-state index in [4.69, 9.17) is 16.2 Å². The molecular formula is C25H31N7O2. The number of amides is 1. The Bertz CT molecular complexity index is 1170. The summed E-state index contributed by atoms with van der Waals surface area (Å²) in [4.78, 5) is 25.9. The van der Waals surface area contributed by atoms with E-state index in [0.29, 0.717) is 35.5 Å². The van der Waals surface area contributed by atoms with Crippen molar-refractivity contribution >= 4 is 28.8 Å². The molecule has 0 aliphatic carbocycles. The lowest BCUT2D eigenvalue weighted by Crippen LogP contribution is -2.50. The summed E-state index contributed by atoms with van der Waals surface area (Å²) < 4.78 is 5.96. The van der Waals surface area contributed by atoms with E-state index in [2.05, 4.69) is 51.2 Å². The molecule has 0 unspecified atom stereocenters. The molecule has 9 nitrogen and oxygen atoms in total. The first-order chi connectivity index (χ1) is 16.3. The van der Waals surface area contributed by atoms with E-state index in [9.17, 15) is 4.79 Å². The molecule has 34 heavy (non-hydrogen) atoms. The van der Waals surface area contributed by atoms with Gasteiger partial charge in [-0.25, -0.2) is 4.98 Å². The van der Waals surface area contributed by atoms with Crippen LogP contribution < -0.4 is 26.4 Å². The number of hydrogen-bond donors (Lipinski definition) is 3. The van der Waals surface area contributed by atoms with E-state index in [-0.39, 0.29) is 11.5 Å². The highest BCUT2D eigenvalue weighted by molar-refractivity contribution is 5.96. The van der Waals surface area contributed by atoms with Crippen LogP contribution in [0.25, 0.3) is 0 Å². The SMILES string of the molecule is CCc1nc(C(N)=O)c(Nc2ccc(N3CCN(C)C[C@@H]3C)cc2)nc1Oc1cccc(N)c1. The molecule has 2 heterocycles. The van der Waals surface area contributed by atoms with Crippen LogP contribution in [0, 0.1) is 0 Å². The molecule has 0 bridgehead atoms. The van der Waals surface area contributed by atoms with Gasteiger partial charge in [-0.15, -0.1) is 0 Å². The molecule has 178 valence electrons. The molecule has 0 saturated carbocycles. The number of nitrogens with zero attached hydrogens (tertiary/aromatic N) is 4. The summed E-state index contributed by atoms with van der Waals surface area (Å²) in [6.07, 6.45) is 0.517. The molecule has 0 radical (unpaired) electrons. The molecule has 1 aliphatic rings. The minimum Gasteiger partial charge on any atom is -0.437 e. The zero-order valence-corrected chi connectivity index (χ0v) is 19.8. The van der Waals surface area contributed by atoms with Crippen LogP contribution in [0.1, 0.15) is 30.0 Å². The molecule has 1 amide bonds. The Morgan fingerprint density at radius 2 is 1.94 bits per heavy atom. The van der Waals surface area contributed by atoms with Crippen molar-refractivity contribution in [2.45, 2.75) is 26.3 Å². The zero-order valence-electron chi connectivity index (χ0n) is 19.8. The van der Waals surface area contributed by atoms with Crippen molar-refractivity contribution in [1.29, 1.82) is 0 Å². The van der Waals surface area contributed by atoms with Gasteiger partial charge in [0.25, 0.3) is 5.91 Å². The van der Waals surface area contributed by atoms with Gasteiger partial charge in [0.2, 0.25) is 5.88 Å². The third-order valence-corrected chi connectivity index (χ3v) is 5.86. The zero-order chi connectivity index (χ0) is 24.2. The molecule has 1 saturated heterocycles. The average molecular weight is 462 g/mol. The molecular weight excluding hydrogens is 430 g/mol. The number of ether oxygens (including phenoxy) is 1. The van der Waals surface area contributed by atoms with E-state index in [1.54, 1.807) is 24.3 Å². The van der Waals surface area contributed by atoms with Gasteiger partial charge < -0.3 is 31.3 Å². The summed E-state index contributed by atoms with van der Waals surface area (Å²) in [5.41, 5.74) is 14.6. The largest absolute Gasteiger partial charge is 0.437 e. The van der Waals surface area contributed by atoms with Gasteiger partial charge in [0.05, 0.1) is 0 Å². The summed E-state index contributed by atoms with van der Waals surface area (Å²) in [6.45, 7) is 7.17. The Morgan fingerprint density at radius 3 is 2.59 bits per heavy atom. The number of carbonyl (C=O) groups excluding carboxylic acids is 1. The van der Waals surface area contributed by atoms with E-state index in [0.717, 1.165) is 31.0 Å². The first-order valence-electron chi connectivity index (χ1n) is 11.4. The first kappa shape index (κ1) is 23.3. The minimum absolute atomic E-state index is 0.0635. The van der Waals surface area contributed by atoms with Crippen LogP contribution in [0.2, 0.25) is 0 Å². The highest BCUT2D eigenvalue weighted by Gasteiger charge is 2.22. The molecule has 4 rings (SSSR count). The molecule has 5 N–H and O–H groups in total. The fourth-order valence-electron chi connectivity index (χ4n) is 4.11. The summed E-state index contributed by atoms with van der Waals surface area (Å²) in [5.74, 6) is 0.406. The van der Waals surface area contributed by atoms with Crippen molar-refractivity contribution in [3.05, 3.63) is 59.9 Å². The van der Waals surface area contributed by atoms with Gasteiger partial charge in [-0.3, -0.25) is 4.79 Å². The van der Waals surface area contributed by atoms with Crippen LogP contribution in [-0.2, 0) is 6.42 Å². The maximum atomic E-state index is 12.1. The standard InChI is InChI=1S/C25H31N7O2/c1-4-21-25(34-20-7-5-6-17(26)14-20)30-24(22(29-21)23(27)33)28-18-8-10-19(11-9-18)32-13-12-31(3)15-16(32)2/h5-11,14,16H,4,12-13,15,26H2,1-3H3,(H2,27,33)(H,28,30)/t16-/m0/s1. The number of carbonyl (C=O) groups is 1. The number of nitrogens with two attached hydrogens (primary N) is 2. The Morgan fingerprint density at radius 1 is 1.18 bits per heavy atom. The number of aromatic nitrogens is 2. The van der Waals surface area contributed by atoms with E-state index >= 15 is 0 Å². The second kappa shape index (κ2) is 9.96. The third-order valence-electron chi connectivity index (χ3n) is 5.86. The fraction of sp³-hybridized carbons (Fsp3) is 0.320. The number of primary amides is 1. The van der Waals surface area contributed by atoms with E-state index in [1.165, 1.54) is 0 Å². The van der Waals surface area contributed by atoms with Gasteiger partial charge >= 0.3 is 0 Å². The van der Waals surface area contributed by atoms with Gasteiger partial charge in [0.15, 0.2) is 11.5 Å². The van der Waals surface area contributed by atoms with Crippen molar-refractivity contribution in [1.82, 2.24) is 14.9 Å². The summed E-state index contributed by atoms with van der Waals surface area (Å²) >= 11 is 0. The summed E-state index contributed by atoms with van der Waals surface area (Å²) in [5, 5.41) is 3.19. The number of likely N-dealkylation sites (N-methyl/N-ethyl adjacent to an activating group) is 1. The number of rotatable bonds is 7. The lowest BCUT2D eigenvalue weighted by molar-refractivity contribution is 0.0996. The number of piperazine rings is 1. The molecule has 1 aromatic heterocycles. The lowest BCUT2D eigenvalue weighted by atomic mass is 10.1. The fourth-order valence-corrected chi connectivity index (χ4v) is 4.11. The highest BCUT2D eigenvalue weighted by Crippen LogP contribution is 2.29. The molecule has 0 spiro atoms. The molecule has 1 aliphatic heterocycles. The maximum absolute atomic E-state index is 12.1. The predicted molar refractivity (Wildman–Crippen MR) is 135 cm³/mol. The summed E-state index contributed by atoms with van der Waals surface area (Å²) in [7, 11) is 2.15.